The molecule has 1 unspecified atom stereocenters. The third-order valence-electron chi connectivity index (χ3n) is 6.12. The lowest BCUT2D eigenvalue weighted by Gasteiger charge is -2.34. The second-order valence-electron chi connectivity index (χ2n) is 8.10. The Labute approximate surface area is 185 Å². The van der Waals surface area contributed by atoms with Crippen LogP contribution in [0.4, 0.5) is 0 Å². The molecule has 8 nitrogen and oxygen atoms in total. The van der Waals surface area contributed by atoms with E-state index >= 15 is 0 Å². The highest BCUT2D eigenvalue weighted by Gasteiger charge is 2.29. The fraction of sp³-hybridized carbons (Fsp3) is 0.500. The van der Waals surface area contributed by atoms with Gasteiger partial charge in [0.25, 0.3) is 5.56 Å². The third kappa shape index (κ3) is 4.35. The lowest BCUT2D eigenvalue weighted by Crippen LogP contribution is -2.42. The molecule has 1 amide bonds. The van der Waals surface area contributed by atoms with E-state index in [4.69, 9.17) is 16.6 Å². The van der Waals surface area contributed by atoms with Crippen LogP contribution in [0, 0.1) is 5.92 Å². The van der Waals surface area contributed by atoms with E-state index in [1.54, 1.807) is 4.68 Å². The zero-order valence-corrected chi connectivity index (χ0v) is 18.6. The molecule has 1 aromatic carbocycles. The minimum absolute atomic E-state index is 0.0205. The molecule has 1 saturated heterocycles. The number of likely N-dealkylation sites (tertiary alicyclic amines) is 1. The highest BCUT2D eigenvalue weighted by atomic mass is 35.5. The lowest BCUT2D eigenvalue weighted by atomic mass is 9.94. The van der Waals surface area contributed by atoms with Crippen LogP contribution in [-0.2, 0) is 11.3 Å². The third-order valence-corrected chi connectivity index (χ3v) is 6.49. The normalized spacial score (nSPS) is 16.9. The summed E-state index contributed by atoms with van der Waals surface area (Å²) >= 11 is 6.28. The van der Waals surface area contributed by atoms with Crippen molar-refractivity contribution in [2.24, 2.45) is 5.92 Å². The molecule has 3 heterocycles. The van der Waals surface area contributed by atoms with Crippen molar-refractivity contribution in [1.29, 1.82) is 0 Å². The number of carbonyl (C=O) groups is 1. The van der Waals surface area contributed by atoms with Crippen molar-refractivity contribution in [3.8, 4) is 0 Å². The number of H-pyrrole nitrogens is 1. The van der Waals surface area contributed by atoms with E-state index in [-0.39, 0.29) is 28.8 Å². The summed E-state index contributed by atoms with van der Waals surface area (Å²) in [5.41, 5.74) is 1.20. The van der Waals surface area contributed by atoms with Crippen molar-refractivity contribution in [3.63, 3.8) is 0 Å². The van der Waals surface area contributed by atoms with Gasteiger partial charge in [-0.15, -0.1) is 5.10 Å². The predicted octanol–water partition coefficient (Wildman–Crippen LogP) is 3.36. The highest BCUT2D eigenvalue weighted by molar-refractivity contribution is 6.31. The van der Waals surface area contributed by atoms with E-state index < -0.39 is 0 Å². The van der Waals surface area contributed by atoms with Crippen LogP contribution < -0.4 is 5.56 Å². The molecule has 164 valence electrons. The first-order valence-electron chi connectivity index (χ1n) is 10.9. The summed E-state index contributed by atoms with van der Waals surface area (Å²) in [7, 11) is 0. The van der Waals surface area contributed by atoms with Crippen LogP contribution in [0.3, 0.4) is 0 Å². The number of nitrogens with zero attached hydrogens (tertiary/aromatic N) is 5. The molecule has 4 rings (SSSR count). The summed E-state index contributed by atoms with van der Waals surface area (Å²) in [4.78, 5) is 35.1. The summed E-state index contributed by atoms with van der Waals surface area (Å²) in [6, 6.07) is 7.49. The quantitative estimate of drug-likeness (QED) is 0.631. The monoisotopic (exact) mass is 442 g/mol. The smallest absolute Gasteiger partial charge is 0.281 e. The molecule has 0 bridgehead atoms. The molecule has 9 heteroatoms. The molecule has 1 aliphatic heterocycles. The number of fused-ring (bicyclic) bond motifs is 1. The van der Waals surface area contributed by atoms with Gasteiger partial charge in [-0.25, -0.2) is 9.67 Å². The molecule has 0 radical (unpaired) electrons. The van der Waals surface area contributed by atoms with Crippen LogP contribution >= 0.6 is 11.6 Å². The first-order chi connectivity index (χ1) is 15.0. The summed E-state index contributed by atoms with van der Waals surface area (Å²) < 4.78 is 1.60. The van der Waals surface area contributed by atoms with Gasteiger partial charge in [0, 0.05) is 29.9 Å². The second kappa shape index (κ2) is 9.18. The number of aromatic amines is 1. The van der Waals surface area contributed by atoms with Gasteiger partial charge in [-0.2, -0.15) is 0 Å². The van der Waals surface area contributed by atoms with Gasteiger partial charge in [-0.3, -0.25) is 9.59 Å². The van der Waals surface area contributed by atoms with E-state index in [0.717, 1.165) is 37.8 Å². The van der Waals surface area contributed by atoms with Gasteiger partial charge in [0.2, 0.25) is 5.91 Å². The number of hydrogen-bond donors (Lipinski definition) is 1. The van der Waals surface area contributed by atoms with E-state index in [1.807, 2.05) is 43.0 Å². The molecule has 1 atom stereocenters. The van der Waals surface area contributed by atoms with Crippen molar-refractivity contribution in [2.45, 2.75) is 52.0 Å². The van der Waals surface area contributed by atoms with E-state index in [2.05, 4.69) is 15.3 Å². The SMILES string of the molecule is CCC(CC)C(=O)N1CCCC(c2nc3c(nnn3Cc3ccccc3Cl)c(=O)[nH]2)C1. The number of halogens is 1. The van der Waals surface area contributed by atoms with Gasteiger partial charge >= 0.3 is 0 Å². The molecule has 0 saturated carbocycles. The average molecular weight is 443 g/mol. The summed E-state index contributed by atoms with van der Waals surface area (Å²) in [6.45, 7) is 5.79. The lowest BCUT2D eigenvalue weighted by molar-refractivity contribution is -0.137. The number of carbonyl (C=O) groups excluding carboxylic acids is 1. The molecular formula is C22H27ClN6O2. The van der Waals surface area contributed by atoms with Crippen LogP contribution in [-0.4, -0.2) is 48.9 Å². The Morgan fingerprint density at radius 2 is 2.06 bits per heavy atom. The summed E-state index contributed by atoms with van der Waals surface area (Å²) in [5.74, 6) is 0.813. The molecular weight excluding hydrogens is 416 g/mol. The zero-order valence-electron chi connectivity index (χ0n) is 17.8. The maximum Gasteiger partial charge on any atom is 0.281 e. The minimum atomic E-state index is -0.311. The van der Waals surface area contributed by atoms with Gasteiger partial charge in [0.15, 0.2) is 11.2 Å². The van der Waals surface area contributed by atoms with E-state index in [1.165, 1.54) is 0 Å². The molecule has 0 aliphatic carbocycles. The molecule has 1 aliphatic rings. The van der Waals surface area contributed by atoms with Crippen LogP contribution in [0.25, 0.3) is 11.2 Å². The number of benzene rings is 1. The number of hydrogen-bond acceptors (Lipinski definition) is 5. The molecule has 31 heavy (non-hydrogen) atoms. The van der Waals surface area contributed by atoms with Gasteiger partial charge in [-0.1, -0.05) is 48.9 Å². The van der Waals surface area contributed by atoms with Crippen molar-refractivity contribution in [2.75, 3.05) is 13.1 Å². The molecule has 2 aromatic heterocycles. The van der Waals surface area contributed by atoms with Crippen LogP contribution in [0.1, 0.15) is 56.8 Å². The predicted molar refractivity (Wildman–Crippen MR) is 119 cm³/mol. The van der Waals surface area contributed by atoms with Gasteiger partial charge < -0.3 is 9.88 Å². The van der Waals surface area contributed by atoms with E-state index in [0.29, 0.717) is 29.6 Å². The largest absolute Gasteiger partial charge is 0.342 e. The molecule has 0 spiro atoms. The van der Waals surface area contributed by atoms with Crippen LogP contribution in [0.15, 0.2) is 29.1 Å². The molecule has 3 aromatic rings. The van der Waals surface area contributed by atoms with Crippen molar-refractivity contribution < 1.29 is 4.79 Å². The maximum absolute atomic E-state index is 12.9. The first-order valence-corrected chi connectivity index (χ1v) is 11.2. The zero-order chi connectivity index (χ0) is 22.0. The number of piperidine rings is 1. The highest BCUT2D eigenvalue weighted by Crippen LogP contribution is 2.27. The van der Waals surface area contributed by atoms with Gasteiger partial charge in [0.1, 0.15) is 5.82 Å². The van der Waals surface area contributed by atoms with Gasteiger partial charge in [-0.05, 0) is 37.3 Å². The Hall–Kier alpha value is -2.74. The second-order valence-corrected chi connectivity index (χ2v) is 8.51. The van der Waals surface area contributed by atoms with E-state index in [9.17, 15) is 9.59 Å². The van der Waals surface area contributed by atoms with Crippen molar-refractivity contribution in [1.82, 2.24) is 29.9 Å². The average Bonchev–Trinajstić information content (AvgIpc) is 3.19. The number of aromatic nitrogens is 5. The Morgan fingerprint density at radius 3 is 2.81 bits per heavy atom. The standard InChI is InChI=1S/C22H27ClN6O2/c1-3-14(4-2)22(31)28-11-7-9-16(12-28)19-24-20-18(21(30)25-19)26-27-29(20)13-15-8-5-6-10-17(15)23/h5-6,8,10,14,16H,3-4,7,9,11-13H2,1-2H3,(H,24,25,30). The Morgan fingerprint density at radius 1 is 1.29 bits per heavy atom. The Bertz CT molecular complexity index is 1140. The molecule has 1 N–H and O–H groups in total. The topological polar surface area (TPSA) is 96.8 Å². The number of rotatable bonds is 6. The van der Waals surface area contributed by atoms with Crippen molar-refractivity contribution in [3.05, 3.63) is 51.0 Å². The fourth-order valence-electron chi connectivity index (χ4n) is 4.27. The molecule has 1 fully saturated rings. The summed E-state index contributed by atoms with van der Waals surface area (Å²) in [5, 5.41) is 8.77. The first kappa shape index (κ1) is 21.5. The Balaban J connectivity index is 1.63. The number of nitrogens with one attached hydrogen (secondary N) is 1. The maximum atomic E-state index is 12.9. The van der Waals surface area contributed by atoms with Crippen LogP contribution in [0.5, 0.6) is 0 Å². The van der Waals surface area contributed by atoms with Crippen LogP contribution in [0.2, 0.25) is 5.02 Å². The Kier molecular flexibility index (Phi) is 6.36. The fourth-order valence-corrected chi connectivity index (χ4v) is 4.46. The summed E-state index contributed by atoms with van der Waals surface area (Å²) in [6.07, 6.45) is 3.43. The number of amides is 1. The van der Waals surface area contributed by atoms with Crippen molar-refractivity contribution >= 4 is 28.7 Å². The van der Waals surface area contributed by atoms with Gasteiger partial charge in [0.05, 0.1) is 6.54 Å². The minimum Gasteiger partial charge on any atom is -0.342 e.